The van der Waals surface area contributed by atoms with Gasteiger partial charge in [0.2, 0.25) is 0 Å². The highest BCUT2D eigenvalue weighted by Crippen LogP contribution is 2.42. The van der Waals surface area contributed by atoms with Gasteiger partial charge in [0.05, 0.1) is 25.2 Å². The Bertz CT molecular complexity index is 620. The Morgan fingerprint density at radius 1 is 1.16 bits per heavy atom. The second-order valence-electron chi connectivity index (χ2n) is 11.0. The quantitative estimate of drug-likeness (QED) is 0.611. The van der Waals surface area contributed by atoms with Gasteiger partial charge < -0.3 is 19.3 Å². The van der Waals surface area contributed by atoms with E-state index in [4.69, 9.17) is 14.2 Å². The van der Waals surface area contributed by atoms with E-state index < -0.39 is 41.5 Å². The molecule has 1 N–H and O–H groups in total. The lowest BCUT2D eigenvalue weighted by Gasteiger charge is -2.37. The fourth-order valence-electron chi connectivity index (χ4n) is 5.13. The van der Waals surface area contributed by atoms with E-state index in [1.807, 2.05) is 48.5 Å². The molecular weight excluding hydrogens is 398 g/mol. The smallest absolute Gasteiger partial charge is 0.412 e. The number of nitrogens with zero attached hydrogens (tertiary/aromatic N) is 1. The Morgan fingerprint density at radius 3 is 2.23 bits per heavy atom. The molecule has 0 aromatic rings. The Labute approximate surface area is 187 Å². The maximum atomic E-state index is 13.2. The number of aliphatic hydroxyl groups excluding tert-OH is 1. The lowest BCUT2D eigenvalue weighted by molar-refractivity contribution is -0.161. The Kier molecular flexibility index (Phi) is 8.42. The highest BCUT2D eigenvalue weighted by atomic mass is 16.6. The number of carbonyl (C=O) groups excluding carboxylic acids is 2. The lowest BCUT2D eigenvalue weighted by atomic mass is 9.80. The molecule has 1 aliphatic heterocycles. The summed E-state index contributed by atoms with van der Waals surface area (Å²) < 4.78 is 17.0. The second-order valence-corrected chi connectivity index (χ2v) is 11.0. The lowest BCUT2D eigenvalue weighted by Crippen LogP contribution is -2.52. The number of methoxy groups -OCH3 is 1. The van der Waals surface area contributed by atoms with E-state index >= 15 is 0 Å². The van der Waals surface area contributed by atoms with Crippen molar-refractivity contribution in [2.75, 3.05) is 7.11 Å². The molecule has 1 saturated heterocycles. The molecule has 0 spiro atoms. The van der Waals surface area contributed by atoms with Crippen LogP contribution in [-0.4, -0.2) is 58.8 Å². The summed E-state index contributed by atoms with van der Waals surface area (Å²) in [6, 6.07) is -0.381. The summed E-state index contributed by atoms with van der Waals surface area (Å²) >= 11 is 0. The average molecular weight is 442 g/mol. The van der Waals surface area contributed by atoms with E-state index in [-0.39, 0.29) is 12.0 Å². The van der Waals surface area contributed by atoms with E-state index in [0.717, 1.165) is 19.3 Å². The zero-order chi connectivity index (χ0) is 23.6. The first-order valence-corrected chi connectivity index (χ1v) is 11.7. The Balaban J connectivity index is 2.39. The van der Waals surface area contributed by atoms with Gasteiger partial charge in [-0.25, -0.2) is 4.79 Å². The summed E-state index contributed by atoms with van der Waals surface area (Å²) in [6.07, 6.45) is 4.28. The minimum Gasteiger partial charge on any atom is -0.469 e. The summed E-state index contributed by atoms with van der Waals surface area (Å²) in [6.45, 7) is 12.9. The largest absolute Gasteiger partial charge is 0.469 e. The van der Waals surface area contributed by atoms with Gasteiger partial charge in [-0.3, -0.25) is 9.69 Å². The van der Waals surface area contributed by atoms with Crippen LogP contribution in [0.1, 0.15) is 87.0 Å². The normalized spacial score (nSPS) is 26.6. The molecule has 1 heterocycles. The van der Waals surface area contributed by atoms with Crippen LogP contribution in [0.5, 0.6) is 0 Å². The van der Waals surface area contributed by atoms with Crippen LogP contribution < -0.4 is 0 Å². The van der Waals surface area contributed by atoms with Gasteiger partial charge in [0, 0.05) is 0 Å². The Hall–Kier alpha value is -1.34. The molecule has 2 aliphatic rings. The highest BCUT2D eigenvalue weighted by molar-refractivity contribution is 5.73. The van der Waals surface area contributed by atoms with Gasteiger partial charge in [0.15, 0.2) is 0 Å². The van der Waals surface area contributed by atoms with Crippen LogP contribution in [0.2, 0.25) is 0 Å². The van der Waals surface area contributed by atoms with Crippen LogP contribution in [0.4, 0.5) is 4.79 Å². The van der Waals surface area contributed by atoms with E-state index in [2.05, 4.69) is 0 Å². The first-order chi connectivity index (χ1) is 14.3. The second kappa shape index (κ2) is 10.1. The highest BCUT2D eigenvalue weighted by Gasteiger charge is 2.55. The zero-order valence-electron chi connectivity index (χ0n) is 20.6. The first kappa shape index (κ1) is 25.9. The van der Waals surface area contributed by atoms with Crippen molar-refractivity contribution in [1.82, 2.24) is 4.90 Å². The summed E-state index contributed by atoms with van der Waals surface area (Å²) in [4.78, 5) is 27.4. The molecule has 0 unspecified atom stereocenters. The first-order valence-electron chi connectivity index (χ1n) is 11.7. The molecule has 1 saturated carbocycles. The van der Waals surface area contributed by atoms with Gasteiger partial charge >= 0.3 is 12.1 Å². The number of hydrogen-bond acceptors (Lipinski definition) is 6. The third kappa shape index (κ3) is 6.35. The number of amides is 1. The molecule has 2 rings (SSSR count). The van der Waals surface area contributed by atoms with Crippen molar-refractivity contribution in [3.05, 3.63) is 0 Å². The molecule has 4 atom stereocenters. The maximum absolute atomic E-state index is 13.2. The molecule has 2 fully saturated rings. The van der Waals surface area contributed by atoms with Crippen molar-refractivity contribution in [3.8, 4) is 0 Å². The van der Waals surface area contributed by atoms with Gasteiger partial charge in [-0.05, 0) is 52.9 Å². The van der Waals surface area contributed by atoms with E-state index in [0.29, 0.717) is 5.92 Å². The van der Waals surface area contributed by atoms with Crippen molar-refractivity contribution in [2.45, 2.75) is 117 Å². The third-order valence-electron chi connectivity index (χ3n) is 6.50. The van der Waals surface area contributed by atoms with E-state index in [9.17, 15) is 14.7 Å². The fraction of sp³-hybridized carbons (Fsp3) is 0.917. The minimum atomic E-state index is -1.09. The van der Waals surface area contributed by atoms with Crippen molar-refractivity contribution in [3.63, 3.8) is 0 Å². The van der Waals surface area contributed by atoms with Crippen LogP contribution in [0.15, 0.2) is 0 Å². The van der Waals surface area contributed by atoms with Gasteiger partial charge in [-0.1, -0.05) is 46.0 Å². The predicted molar refractivity (Wildman–Crippen MR) is 118 cm³/mol. The number of carbonyl (C=O) groups is 2. The molecular formula is C24H43NO6. The summed E-state index contributed by atoms with van der Waals surface area (Å²) in [7, 11) is 1.33. The van der Waals surface area contributed by atoms with Gasteiger partial charge in [0.25, 0.3) is 0 Å². The molecule has 7 nitrogen and oxygen atoms in total. The number of ether oxygens (including phenoxy) is 3. The van der Waals surface area contributed by atoms with Crippen LogP contribution >= 0.6 is 0 Å². The van der Waals surface area contributed by atoms with Crippen molar-refractivity contribution < 1.29 is 28.9 Å². The minimum absolute atomic E-state index is 0.139. The predicted octanol–water partition coefficient (Wildman–Crippen LogP) is 4.50. The molecule has 31 heavy (non-hydrogen) atoms. The van der Waals surface area contributed by atoms with Crippen LogP contribution in [-0.2, 0) is 19.0 Å². The van der Waals surface area contributed by atoms with Gasteiger partial charge in [-0.2, -0.15) is 0 Å². The van der Waals surface area contributed by atoms with Crippen LogP contribution in [0.25, 0.3) is 0 Å². The number of hydrogen-bond donors (Lipinski definition) is 1. The van der Waals surface area contributed by atoms with E-state index in [1.165, 1.54) is 26.4 Å². The van der Waals surface area contributed by atoms with Gasteiger partial charge in [0.1, 0.15) is 17.4 Å². The molecule has 0 radical (unpaired) electrons. The SMILES string of the molecule is COC(=O)[C@H](C(C)C)[C@H](O)[C@@H]1OC(C)(C)N(C(=O)OC(C)(C)C)[C@H]1CC1CCCCC1. The summed E-state index contributed by atoms with van der Waals surface area (Å²) in [5.74, 6) is -0.888. The Morgan fingerprint density at radius 2 is 1.74 bits per heavy atom. The van der Waals surface area contributed by atoms with E-state index in [1.54, 1.807) is 4.90 Å². The molecule has 7 heteroatoms. The zero-order valence-corrected chi connectivity index (χ0v) is 20.6. The summed E-state index contributed by atoms with van der Waals surface area (Å²) in [5, 5.41) is 11.3. The van der Waals surface area contributed by atoms with Crippen molar-refractivity contribution >= 4 is 12.1 Å². The topological polar surface area (TPSA) is 85.3 Å². The monoisotopic (exact) mass is 441 g/mol. The molecule has 1 amide bonds. The maximum Gasteiger partial charge on any atom is 0.412 e. The van der Waals surface area contributed by atoms with Gasteiger partial charge in [-0.15, -0.1) is 0 Å². The van der Waals surface area contributed by atoms with Crippen molar-refractivity contribution in [1.29, 1.82) is 0 Å². The number of rotatable bonds is 6. The van der Waals surface area contributed by atoms with Crippen LogP contribution in [0.3, 0.4) is 0 Å². The van der Waals surface area contributed by atoms with Crippen molar-refractivity contribution in [2.24, 2.45) is 17.8 Å². The summed E-state index contributed by atoms with van der Waals surface area (Å²) in [5.41, 5.74) is -1.61. The molecule has 180 valence electrons. The average Bonchev–Trinajstić information content (AvgIpc) is 2.91. The molecule has 0 bridgehead atoms. The fourth-order valence-corrected chi connectivity index (χ4v) is 5.13. The standard InChI is InChI=1S/C24H43NO6/c1-15(2)18(21(27)29-8)19(26)20-17(14-16-12-10-9-11-13-16)25(24(6,7)30-20)22(28)31-23(3,4)5/h15-20,26H,9-14H2,1-8H3/t17-,18+,19-,20+/m0/s1. The van der Waals surface area contributed by atoms with Crippen LogP contribution in [0, 0.1) is 17.8 Å². The molecule has 0 aromatic heterocycles. The molecule has 0 aromatic carbocycles. The molecule has 1 aliphatic carbocycles. The number of aliphatic hydroxyl groups is 1. The number of esters is 1. The third-order valence-corrected chi connectivity index (χ3v) is 6.50.